The predicted molar refractivity (Wildman–Crippen MR) is 121 cm³/mol. The summed E-state index contributed by atoms with van der Waals surface area (Å²) in [6.45, 7) is 5.35. The zero-order valence-corrected chi connectivity index (χ0v) is 17.9. The Hall–Kier alpha value is -2.89. The van der Waals surface area contributed by atoms with E-state index in [0.29, 0.717) is 11.9 Å². The standard InChI is InChI=1S/C24H33N5O/c1-2-25-24(27-15-11-22-10-6-7-14-26-22)28-19-23(30)29-16-12-21(13-17-29)18-20-8-4-3-5-9-20/h3-10,14,21H,2,11-13,15-19H2,1H3,(H2,25,27,28). The molecule has 2 heterocycles. The van der Waals surface area contributed by atoms with Crippen LogP contribution in [-0.4, -0.2) is 54.5 Å². The molecule has 1 amide bonds. The quantitative estimate of drug-likeness (QED) is 0.521. The fourth-order valence-electron chi connectivity index (χ4n) is 3.78. The van der Waals surface area contributed by atoms with Crippen LogP contribution in [-0.2, 0) is 17.6 Å². The molecule has 6 heteroatoms. The van der Waals surface area contributed by atoms with Crippen molar-refractivity contribution in [2.45, 2.75) is 32.6 Å². The average Bonchev–Trinajstić information content (AvgIpc) is 2.79. The number of amides is 1. The number of hydrogen-bond donors (Lipinski definition) is 2. The number of carbonyl (C=O) groups is 1. The van der Waals surface area contributed by atoms with Crippen molar-refractivity contribution in [2.24, 2.45) is 10.9 Å². The van der Waals surface area contributed by atoms with Crippen LogP contribution in [0.5, 0.6) is 0 Å². The summed E-state index contributed by atoms with van der Waals surface area (Å²) >= 11 is 0. The highest BCUT2D eigenvalue weighted by atomic mass is 16.2. The van der Waals surface area contributed by atoms with Crippen LogP contribution >= 0.6 is 0 Å². The van der Waals surface area contributed by atoms with Crippen LogP contribution in [0.4, 0.5) is 0 Å². The lowest BCUT2D eigenvalue weighted by molar-refractivity contribution is -0.130. The molecular weight excluding hydrogens is 374 g/mol. The minimum absolute atomic E-state index is 0.107. The molecule has 0 spiro atoms. The predicted octanol–water partition coefficient (Wildman–Crippen LogP) is 2.66. The van der Waals surface area contributed by atoms with E-state index >= 15 is 0 Å². The highest BCUT2D eigenvalue weighted by molar-refractivity contribution is 5.85. The maximum Gasteiger partial charge on any atom is 0.244 e. The Bertz CT molecular complexity index is 786. The second-order valence-electron chi connectivity index (χ2n) is 7.71. The molecule has 30 heavy (non-hydrogen) atoms. The van der Waals surface area contributed by atoms with Gasteiger partial charge in [0.05, 0.1) is 0 Å². The van der Waals surface area contributed by atoms with Crippen molar-refractivity contribution < 1.29 is 4.79 Å². The zero-order valence-electron chi connectivity index (χ0n) is 17.9. The van der Waals surface area contributed by atoms with Gasteiger partial charge in [0.25, 0.3) is 0 Å². The molecule has 1 aliphatic heterocycles. The molecule has 0 unspecified atom stereocenters. The summed E-state index contributed by atoms with van der Waals surface area (Å²) in [5.41, 5.74) is 2.43. The van der Waals surface area contributed by atoms with E-state index in [0.717, 1.165) is 57.6 Å². The van der Waals surface area contributed by atoms with Crippen LogP contribution in [0.3, 0.4) is 0 Å². The van der Waals surface area contributed by atoms with E-state index in [2.05, 4.69) is 50.9 Å². The summed E-state index contributed by atoms with van der Waals surface area (Å²) in [5, 5.41) is 6.50. The topological polar surface area (TPSA) is 69.6 Å². The minimum Gasteiger partial charge on any atom is -0.357 e. The summed E-state index contributed by atoms with van der Waals surface area (Å²) < 4.78 is 0. The van der Waals surface area contributed by atoms with E-state index in [9.17, 15) is 4.79 Å². The first-order chi connectivity index (χ1) is 14.7. The zero-order chi connectivity index (χ0) is 21.0. The summed E-state index contributed by atoms with van der Waals surface area (Å²) in [4.78, 5) is 23.4. The van der Waals surface area contributed by atoms with Crippen LogP contribution in [0, 0.1) is 5.92 Å². The fourth-order valence-corrected chi connectivity index (χ4v) is 3.78. The summed E-state index contributed by atoms with van der Waals surface area (Å²) in [7, 11) is 0. The van der Waals surface area contributed by atoms with E-state index in [1.54, 1.807) is 6.20 Å². The van der Waals surface area contributed by atoms with E-state index < -0.39 is 0 Å². The van der Waals surface area contributed by atoms with Gasteiger partial charge in [-0.25, -0.2) is 4.99 Å². The second kappa shape index (κ2) is 12.0. The Labute approximate surface area is 179 Å². The molecule has 1 saturated heterocycles. The van der Waals surface area contributed by atoms with Crippen molar-refractivity contribution in [3.05, 3.63) is 66.0 Å². The van der Waals surface area contributed by atoms with Crippen molar-refractivity contribution >= 4 is 11.9 Å². The normalized spacial score (nSPS) is 15.1. The molecule has 6 nitrogen and oxygen atoms in total. The summed E-state index contributed by atoms with van der Waals surface area (Å²) in [6, 6.07) is 16.5. The molecule has 1 aromatic heterocycles. The van der Waals surface area contributed by atoms with Gasteiger partial charge in [0, 0.05) is 44.5 Å². The number of carbonyl (C=O) groups excluding carboxylic acids is 1. The van der Waals surface area contributed by atoms with E-state index in [1.165, 1.54) is 5.56 Å². The van der Waals surface area contributed by atoms with Gasteiger partial charge in [-0.1, -0.05) is 36.4 Å². The molecule has 160 valence electrons. The van der Waals surface area contributed by atoms with Crippen molar-refractivity contribution in [3.63, 3.8) is 0 Å². The maximum atomic E-state index is 12.6. The molecule has 1 aromatic carbocycles. The van der Waals surface area contributed by atoms with Crippen molar-refractivity contribution in [2.75, 3.05) is 32.7 Å². The molecule has 0 aliphatic carbocycles. The van der Waals surface area contributed by atoms with Gasteiger partial charge in [0.2, 0.25) is 5.91 Å². The molecule has 3 rings (SSSR count). The average molecular weight is 408 g/mol. The smallest absolute Gasteiger partial charge is 0.244 e. The maximum absolute atomic E-state index is 12.6. The van der Waals surface area contributed by atoms with Crippen LogP contribution in [0.15, 0.2) is 59.7 Å². The molecule has 2 N–H and O–H groups in total. The number of rotatable bonds is 8. The highest BCUT2D eigenvalue weighted by Crippen LogP contribution is 2.21. The minimum atomic E-state index is 0.107. The number of nitrogens with one attached hydrogen (secondary N) is 2. The summed E-state index contributed by atoms with van der Waals surface area (Å²) in [6.07, 6.45) is 5.84. The molecule has 0 saturated carbocycles. The van der Waals surface area contributed by atoms with Gasteiger partial charge >= 0.3 is 0 Å². The van der Waals surface area contributed by atoms with Crippen molar-refractivity contribution in [1.29, 1.82) is 0 Å². The Morgan fingerprint density at radius 1 is 1.10 bits per heavy atom. The molecular formula is C24H33N5O. The third-order valence-electron chi connectivity index (χ3n) is 5.45. The van der Waals surface area contributed by atoms with E-state index in [-0.39, 0.29) is 12.5 Å². The Kier molecular flexibility index (Phi) is 8.69. The van der Waals surface area contributed by atoms with Gasteiger partial charge in [-0.05, 0) is 49.8 Å². The SMILES string of the molecule is CCNC(=NCC(=O)N1CCC(Cc2ccccc2)CC1)NCCc1ccccn1. The Morgan fingerprint density at radius 2 is 1.87 bits per heavy atom. The lowest BCUT2D eigenvalue weighted by atomic mass is 9.90. The highest BCUT2D eigenvalue weighted by Gasteiger charge is 2.22. The molecule has 1 aliphatic rings. The van der Waals surface area contributed by atoms with E-state index in [1.807, 2.05) is 30.0 Å². The first-order valence-electron chi connectivity index (χ1n) is 11.0. The number of aliphatic imine (C=N–C) groups is 1. The first-order valence-corrected chi connectivity index (χ1v) is 11.0. The number of nitrogens with zero attached hydrogens (tertiary/aromatic N) is 3. The van der Waals surface area contributed by atoms with Crippen LogP contribution in [0.1, 0.15) is 31.0 Å². The third-order valence-corrected chi connectivity index (χ3v) is 5.45. The van der Waals surface area contributed by atoms with Gasteiger partial charge in [0.15, 0.2) is 5.96 Å². The van der Waals surface area contributed by atoms with Gasteiger partial charge in [-0.15, -0.1) is 0 Å². The summed E-state index contributed by atoms with van der Waals surface area (Å²) in [5.74, 6) is 1.45. The molecule has 2 aromatic rings. The van der Waals surface area contributed by atoms with Crippen molar-refractivity contribution in [3.8, 4) is 0 Å². The number of piperidine rings is 1. The Morgan fingerprint density at radius 3 is 2.57 bits per heavy atom. The monoisotopic (exact) mass is 407 g/mol. The number of benzene rings is 1. The number of hydrogen-bond acceptors (Lipinski definition) is 3. The largest absolute Gasteiger partial charge is 0.357 e. The number of likely N-dealkylation sites (tertiary alicyclic amines) is 1. The Balaban J connectivity index is 1.41. The number of guanidine groups is 1. The molecule has 0 bridgehead atoms. The lowest BCUT2D eigenvalue weighted by Gasteiger charge is -2.32. The molecule has 0 atom stereocenters. The van der Waals surface area contributed by atoms with Crippen molar-refractivity contribution in [1.82, 2.24) is 20.5 Å². The van der Waals surface area contributed by atoms with Gasteiger partial charge in [0.1, 0.15) is 6.54 Å². The van der Waals surface area contributed by atoms with Crippen LogP contribution in [0.25, 0.3) is 0 Å². The van der Waals surface area contributed by atoms with Crippen LogP contribution in [0.2, 0.25) is 0 Å². The fraction of sp³-hybridized carbons (Fsp3) is 0.458. The third kappa shape index (κ3) is 7.17. The van der Waals surface area contributed by atoms with Gasteiger partial charge < -0.3 is 15.5 Å². The first kappa shape index (κ1) is 21.8. The molecule has 0 radical (unpaired) electrons. The van der Waals surface area contributed by atoms with E-state index in [4.69, 9.17) is 0 Å². The lowest BCUT2D eigenvalue weighted by Crippen LogP contribution is -2.42. The molecule has 1 fully saturated rings. The number of pyridine rings is 1. The second-order valence-corrected chi connectivity index (χ2v) is 7.71. The van der Waals surface area contributed by atoms with Gasteiger partial charge in [-0.3, -0.25) is 9.78 Å². The van der Waals surface area contributed by atoms with Crippen LogP contribution < -0.4 is 10.6 Å². The van der Waals surface area contributed by atoms with Gasteiger partial charge in [-0.2, -0.15) is 0 Å². The number of aromatic nitrogens is 1.